The van der Waals surface area contributed by atoms with Crippen molar-refractivity contribution in [1.29, 1.82) is 5.26 Å². The van der Waals surface area contributed by atoms with Gasteiger partial charge in [0.2, 0.25) is 10.0 Å². The molecule has 3 aromatic heterocycles. The van der Waals surface area contributed by atoms with Gasteiger partial charge in [-0.1, -0.05) is 12.6 Å². The average molecular weight is 673 g/mol. The van der Waals surface area contributed by atoms with Gasteiger partial charge in [-0.05, 0) is 49.1 Å². The van der Waals surface area contributed by atoms with E-state index in [0.717, 1.165) is 65.7 Å². The molecule has 46 heavy (non-hydrogen) atoms. The zero-order chi connectivity index (χ0) is 32.6. The molecule has 0 spiro atoms. The largest absolute Gasteiger partial charge is 0.393 e. The van der Waals surface area contributed by atoms with Crippen molar-refractivity contribution in [3.05, 3.63) is 64.3 Å². The molecule has 1 aromatic carbocycles. The lowest BCUT2D eigenvalue weighted by atomic mass is 10.0. The van der Waals surface area contributed by atoms with E-state index in [1.807, 2.05) is 10.6 Å². The van der Waals surface area contributed by atoms with Crippen LogP contribution in [0.4, 0.5) is 19.0 Å². The Kier molecular flexibility index (Phi) is 9.10. The molecule has 5 heterocycles. The molecule has 0 saturated carbocycles. The van der Waals surface area contributed by atoms with Crippen molar-refractivity contribution in [1.82, 2.24) is 29.1 Å². The summed E-state index contributed by atoms with van der Waals surface area (Å²) in [5.41, 5.74) is 3.95. The first-order chi connectivity index (χ1) is 21.9. The van der Waals surface area contributed by atoms with Crippen molar-refractivity contribution in [2.75, 3.05) is 38.0 Å². The number of rotatable bonds is 11. The topological polar surface area (TPSA) is 119 Å². The third-order valence-electron chi connectivity index (χ3n) is 8.81. The first-order valence-electron chi connectivity index (χ1n) is 15.1. The molecule has 0 aliphatic carbocycles. The molecule has 2 N–H and O–H groups in total. The van der Waals surface area contributed by atoms with E-state index in [1.54, 1.807) is 6.07 Å². The number of anilines is 1. The number of likely N-dealkylation sites (tertiary alicyclic amines) is 2. The second-order valence-corrected chi connectivity index (χ2v) is 14.8. The molecule has 0 atom stereocenters. The Hall–Kier alpha value is -3.55. The smallest absolute Gasteiger partial charge is 0.367 e. The molecule has 0 amide bonds. The highest BCUT2D eigenvalue weighted by atomic mass is 32.2. The van der Waals surface area contributed by atoms with E-state index in [0.29, 0.717) is 47.9 Å². The summed E-state index contributed by atoms with van der Waals surface area (Å²) in [5, 5.41) is 15.9. The number of benzene rings is 1. The highest BCUT2D eigenvalue weighted by Crippen LogP contribution is 2.33. The SMILES string of the molecule is C=CS(=O)(=O)NC1CN(CCn2c(C#N)cc3c(C)c(CN4CCC(Nc5ncnc6sc(CC(F)(F)F)cc56)CC4)ccc32)C1. The van der Waals surface area contributed by atoms with Crippen molar-refractivity contribution in [2.24, 2.45) is 0 Å². The summed E-state index contributed by atoms with van der Waals surface area (Å²) in [6.07, 6.45) is -2.10. The van der Waals surface area contributed by atoms with Crippen LogP contribution in [0.1, 0.15) is 34.5 Å². The number of thiophene rings is 1. The molecular weight excluding hydrogens is 638 g/mol. The van der Waals surface area contributed by atoms with Gasteiger partial charge in [0.05, 0.1) is 11.8 Å². The number of nitrogens with zero attached hydrogens (tertiary/aromatic N) is 6. The second kappa shape index (κ2) is 12.9. The van der Waals surface area contributed by atoms with E-state index >= 15 is 0 Å². The number of nitrogens with one attached hydrogen (secondary N) is 2. The van der Waals surface area contributed by atoms with Crippen LogP contribution >= 0.6 is 11.3 Å². The number of sulfonamides is 1. The van der Waals surface area contributed by atoms with Gasteiger partial charge in [0.15, 0.2) is 0 Å². The zero-order valence-corrected chi connectivity index (χ0v) is 27.0. The molecule has 2 fully saturated rings. The van der Waals surface area contributed by atoms with E-state index < -0.39 is 22.6 Å². The molecule has 244 valence electrons. The van der Waals surface area contributed by atoms with Crippen LogP contribution in [0.3, 0.4) is 0 Å². The number of nitriles is 1. The molecule has 15 heteroatoms. The zero-order valence-electron chi connectivity index (χ0n) is 25.3. The summed E-state index contributed by atoms with van der Waals surface area (Å²) in [6, 6.07) is 10.1. The molecule has 0 unspecified atom stereocenters. The number of aryl methyl sites for hydroxylation is 1. The average Bonchev–Trinajstić information content (AvgIpc) is 3.57. The predicted molar refractivity (Wildman–Crippen MR) is 173 cm³/mol. The van der Waals surface area contributed by atoms with Crippen molar-refractivity contribution >= 4 is 48.3 Å². The highest BCUT2D eigenvalue weighted by molar-refractivity contribution is 7.92. The Morgan fingerprint density at radius 3 is 2.57 bits per heavy atom. The molecular formula is C31H35F3N8O2S2. The summed E-state index contributed by atoms with van der Waals surface area (Å²) in [7, 11) is -3.45. The maximum atomic E-state index is 12.9. The van der Waals surface area contributed by atoms with Crippen molar-refractivity contribution < 1.29 is 21.6 Å². The first-order valence-corrected chi connectivity index (χ1v) is 17.5. The third kappa shape index (κ3) is 7.21. The van der Waals surface area contributed by atoms with Crippen LogP contribution in [-0.4, -0.2) is 83.7 Å². The maximum absolute atomic E-state index is 12.9. The van der Waals surface area contributed by atoms with E-state index in [2.05, 4.69) is 61.5 Å². The Labute approximate surface area is 269 Å². The number of halogens is 3. The Balaban J connectivity index is 1.05. The van der Waals surface area contributed by atoms with Crippen LogP contribution in [0, 0.1) is 18.3 Å². The van der Waals surface area contributed by atoms with Gasteiger partial charge in [-0.3, -0.25) is 9.80 Å². The van der Waals surface area contributed by atoms with Crippen LogP contribution in [0.5, 0.6) is 0 Å². The van der Waals surface area contributed by atoms with Gasteiger partial charge >= 0.3 is 6.18 Å². The van der Waals surface area contributed by atoms with Gasteiger partial charge in [0.25, 0.3) is 0 Å². The summed E-state index contributed by atoms with van der Waals surface area (Å²) in [4.78, 5) is 13.8. The molecule has 0 radical (unpaired) electrons. The van der Waals surface area contributed by atoms with Crippen molar-refractivity contribution in [3.63, 3.8) is 0 Å². The minimum Gasteiger partial charge on any atom is -0.367 e. The van der Waals surface area contributed by atoms with Gasteiger partial charge in [0, 0.05) is 79.1 Å². The summed E-state index contributed by atoms with van der Waals surface area (Å²) < 4.78 is 66.8. The van der Waals surface area contributed by atoms with Crippen LogP contribution in [0.15, 0.2) is 42.6 Å². The molecule has 10 nitrogen and oxygen atoms in total. The summed E-state index contributed by atoms with van der Waals surface area (Å²) in [6.45, 7) is 10.5. The number of alkyl halides is 3. The summed E-state index contributed by atoms with van der Waals surface area (Å²) >= 11 is 1.05. The number of fused-ring (bicyclic) bond motifs is 2. The van der Waals surface area contributed by atoms with Gasteiger partial charge in [-0.15, -0.1) is 11.3 Å². The molecule has 4 aromatic rings. The normalized spacial score (nSPS) is 17.4. The third-order valence-corrected chi connectivity index (χ3v) is 10.9. The van der Waals surface area contributed by atoms with Gasteiger partial charge in [-0.2, -0.15) is 18.4 Å². The van der Waals surface area contributed by atoms with E-state index in [9.17, 15) is 26.9 Å². The molecule has 0 bridgehead atoms. The molecule has 6 rings (SSSR count). The van der Waals surface area contributed by atoms with Crippen LogP contribution in [-0.2, 0) is 29.5 Å². The van der Waals surface area contributed by atoms with E-state index in [4.69, 9.17) is 0 Å². The lowest BCUT2D eigenvalue weighted by Gasteiger charge is -2.39. The minimum absolute atomic E-state index is 0.130. The second-order valence-electron chi connectivity index (χ2n) is 12.0. The monoisotopic (exact) mass is 672 g/mol. The molecule has 2 saturated heterocycles. The van der Waals surface area contributed by atoms with Crippen molar-refractivity contribution in [2.45, 2.75) is 57.5 Å². The first kappa shape index (κ1) is 32.4. The molecule has 2 aliphatic heterocycles. The minimum atomic E-state index is -4.27. The standard InChI is InChI=1S/C31H35F3N8O2S2/c1-3-46(43,44)39-23-17-41(18-23)10-11-42-24(15-35)12-26-20(2)21(4-5-28(26)42)16-40-8-6-22(7-9-40)38-29-27-13-25(14-31(32,33)34)45-30(27)37-19-36-29/h3-5,12-13,19,22-23,39H,1,6-11,14,16-18H2,2H3,(H,36,37,38). The molecule has 2 aliphatic rings. The number of piperidine rings is 1. The lowest BCUT2D eigenvalue weighted by molar-refractivity contribution is -0.126. The number of aromatic nitrogens is 3. The van der Waals surface area contributed by atoms with Crippen LogP contribution < -0.4 is 10.0 Å². The van der Waals surface area contributed by atoms with Crippen molar-refractivity contribution in [3.8, 4) is 6.07 Å². The van der Waals surface area contributed by atoms with E-state index in [1.165, 1.54) is 11.9 Å². The Bertz CT molecular complexity index is 1900. The van der Waals surface area contributed by atoms with Crippen LogP contribution in [0.2, 0.25) is 0 Å². The Morgan fingerprint density at radius 2 is 1.87 bits per heavy atom. The fourth-order valence-electron chi connectivity index (χ4n) is 6.35. The van der Waals surface area contributed by atoms with Gasteiger partial charge in [-0.25, -0.2) is 23.1 Å². The summed E-state index contributed by atoms with van der Waals surface area (Å²) in [5.74, 6) is 0.582. The fourth-order valence-corrected chi connectivity index (χ4v) is 8.09. The lowest BCUT2D eigenvalue weighted by Crippen LogP contribution is -2.59. The van der Waals surface area contributed by atoms with E-state index in [-0.39, 0.29) is 17.0 Å². The van der Waals surface area contributed by atoms with Gasteiger partial charge < -0.3 is 9.88 Å². The predicted octanol–water partition coefficient (Wildman–Crippen LogP) is 4.75. The quantitative estimate of drug-likeness (QED) is 0.234. The maximum Gasteiger partial charge on any atom is 0.393 e. The van der Waals surface area contributed by atoms with Crippen LogP contribution in [0.25, 0.3) is 21.1 Å². The van der Waals surface area contributed by atoms with Gasteiger partial charge in [0.1, 0.15) is 28.7 Å². The number of hydrogen-bond acceptors (Lipinski definition) is 9. The fraction of sp³-hybridized carbons (Fsp3) is 0.452. The number of hydrogen-bond donors (Lipinski definition) is 2. The highest BCUT2D eigenvalue weighted by Gasteiger charge is 2.30. The Morgan fingerprint density at radius 1 is 1.11 bits per heavy atom.